The second-order valence-electron chi connectivity index (χ2n) is 10.2. The monoisotopic (exact) mass is 1180 g/mol. The van der Waals surface area contributed by atoms with Gasteiger partial charge in [-0.25, -0.2) is 14.0 Å². The summed E-state index contributed by atoms with van der Waals surface area (Å²) in [6, 6.07) is 31.3. The number of thiazole rings is 1. The molecule has 1 heterocycles. The first kappa shape index (κ1) is 48.5. The molecule has 18 heteroatoms. The zero-order valence-corrected chi connectivity index (χ0v) is 38.8. The summed E-state index contributed by atoms with van der Waals surface area (Å²) in [5, 5.41) is 36.0. The summed E-state index contributed by atoms with van der Waals surface area (Å²) in [6.07, 6.45) is 0. The first-order valence-corrected chi connectivity index (χ1v) is 22.5. The van der Waals surface area contributed by atoms with Crippen molar-refractivity contribution in [3.8, 4) is 10.6 Å². The summed E-state index contributed by atoms with van der Waals surface area (Å²) >= 11 is 17.3. The van der Waals surface area contributed by atoms with E-state index in [9.17, 15) is 14.7 Å². The molecule has 286 valence electrons. The molecule has 1 aromatic heterocycles. The lowest BCUT2D eigenvalue weighted by Gasteiger charge is -2.02. The lowest BCUT2D eigenvalue weighted by Crippen LogP contribution is -1.98. The summed E-state index contributed by atoms with van der Waals surface area (Å²) < 4.78 is 13.0. The molecule has 0 aliphatic heterocycles. The molecule has 0 bridgehead atoms. The summed E-state index contributed by atoms with van der Waals surface area (Å²) in [5.41, 5.74) is 11.5. The number of aromatic carboxylic acids is 1. The molecule has 0 spiro atoms. The van der Waals surface area contributed by atoms with Crippen LogP contribution in [0.15, 0.2) is 108 Å². The number of nitrogens with zero attached hydrogens (tertiary/aromatic N) is 1. The average Bonchev–Trinajstić information content (AvgIpc) is 3.58. The number of nitrogens with two attached hydrogens (primary N) is 1. The maximum absolute atomic E-state index is 10.7. The number of carbonyl (C=O) groups excluding carboxylic acids is 1. The second kappa shape index (κ2) is 25.6. The van der Waals surface area contributed by atoms with Crippen molar-refractivity contribution >= 4 is 161 Å². The zero-order valence-electron chi connectivity index (χ0n) is 27.5. The van der Waals surface area contributed by atoms with Gasteiger partial charge in [0.1, 0.15) is 5.01 Å². The minimum atomic E-state index is -1.67. The van der Waals surface area contributed by atoms with Gasteiger partial charge < -0.3 is 26.2 Å². The predicted molar refractivity (Wildman–Crippen MR) is 249 cm³/mol. The normalized spacial score (nSPS) is 10.1. The molecule has 0 radical (unpaired) electrons. The van der Waals surface area contributed by atoms with Crippen molar-refractivity contribution in [2.24, 2.45) is 0 Å². The van der Waals surface area contributed by atoms with Gasteiger partial charge in [0.05, 0.1) is 35.6 Å². The molecule has 0 unspecified atom stereocenters. The van der Waals surface area contributed by atoms with Crippen LogP contribution in [-0.2, 0) is 29.0 Å². The van der Waals surface area contributed by atoms with Gasteiger partial charge in [-0.3, -0.25) is 4.79 Å². The van der Waals surface area contributed by atoms with Crippen molar-refractivity contribution in [2.75, 3.05) is 5.73 Å². The van der Waals surface area contributed by atoms with Crippen LogP contribution in [0.2, 0.25) is 0 Å². The molecule has 0 atom stereocenters. The fourth-order valence-corrected chi connectivity index (χ4v) is 7.20. The number of aliphatic hydroxyl groups is 3. The predicted octanol–water partition coefficient (Wildman–Crippen LogP) is 10.3. The number of hydrogen-bond acceptors (Lipinski definition) is 10. The van der Waals surface area contributed by atoms with Gasteiger partial charge in [0.25, 0.3) is 5.24 Å². The highest BCUT2D eigenvalue weighted by Gasteiger charge is 2.08. The molecule has 0 fully saturated rings. The van der Waals surface area contributed by atoms with Crippen LogP contribution in [0.4, 0.5) is 5.69 Å². The van der Waals surface area contributed by atoms with E-state index in [1.807, 2.05) is 99.8 Å². The largest absolute Gasteiger partial charge is 0.478 e. The van der Waals surface area contributed by atoms with Gasteiger partial charge in [0, 0.05) is 53.8 Å². The van der Waals surface area contributed by atoms with Gasteiger partial charge in [0.15, 0.2) is 0 Å². The maximum atomic E-state index is 10.7. The Bertz CT molecular complexity index is 2080. The van der Waals surface area contributed by atoms with Crippen molar-refractivity contribution in [2.45, 2.75) is 24.7 Å². The number of thiol groups is 1. The van der Waals surface area contributed by atoms with Crippen LogP contribution in [0.3, 0.4) is 0 Å². The number of aromatic nitrogens is 1. The number of rotatable bonds is 6. The van der Waals surface area contributed by atoms with E-state index in [-0.39, 0.29) is 25.4 Å². The third kappa shape index (κ3) is 16.8. The number of anilines is 1. The lowest BCUT2D eigenvalue weighted by molar-refractivity contribution is 0.0696. The number of aliphatic hydroxyl groups excluding tert-OH is 3. The minimum absolute atomic E-state index is 0.0188. The van der Waals surface area contributed by atoms with E-state index < -0.39 is 20.4 Å². The second-order valence-corrected chi connectivity index (χ2v) is 18.1. The fourth-order valence-electron chi connectivity index (χ4n) is 3.90. The van der Waals surface area contributed by atoms with E-state index in [0.29, 0.717) is 5.56 Å². The molecule has 9 nitrogen and oxygen atoms in total. The Morgan fingerprint density at radius 3 is 1.63 bits per heavy atom. The van der Waals surface area contributed by atoms with Gasteiger partial charge in [0.2, 0.25) is 9.23 Å². The Hall–Kier alpha value is -1.63. The topological polar surface area (TPSA) is 171 Å². The number of nitrogen functional groups attached to an aromatic ring is 1. The Kier molecular flexibility index (Phi) is 23.0. The molecule has 0 amide bonds. The van der Waals surface area contributed by atoms with Crippen LogP contribution in [0.25, 0.3) is 20.8 Å². The highest BCUT2D eigenvalue weighted by atomic mass is 127. The maximum Gasteiger partial charge on any atom is 0.335 e. The third-order valence-corrected chi connectivity index (χ3v) is 11.3. The van der Waals surface area contributed by atoms with Crippen molar-refractivity contribution in [1.82, 2.24) is 4.98 Å². The number of carboxylic acid groups (broad SMARTS) is 1. The highest BCUT2D eigenvalue weighted by molar-refractivity contribution is 14.1. The van der Waals surface area contributed by atoms with E-state index in [1.54, 1.807) is 35.6 Å². The van der Waals surface area contributed by atoms with E-state index >= 15 is 0 Å². The van der Waals surface area contributed by atoms with Gasteiger partial charge in [-0.2, -0.15) is 0 Å². The first-order valence-electron chi connectivity index (χ1n) is 14.9. The molecule has 54 heavy (non-hydrogen) atoms. The molecular weight excluding hydrogens is 1160 g/mol. The van der Waals surface area contributed by atoms with Crippen molar-refractivity contribution in [3.05, 3.63) is 142 Å². The molecular formula is C36H30Cl3I3N2O7S3. The van der Waals surface area contributed by atoms with Crippen molar-refractivity contribution in [1.29, 1.82) is 0 Å². The van der Waals surface area contributed by atoms with E-state index in [2.05, 4.69) is 73.7 Å². The Morgan fingerprint density at radius 2 is 1.20 bits per heavy atom. The molecule has 0 aliphatic rings. The van der Waals surface area contributed by atoms with E-state index in [4.69, 9.17) is 36.9 Å². The molecule has 6 aromatic rings. The summed E-state index contributed by atoms with van der Waals surface area (Å²) in [7, 11) is 7.36. The summed E-state index contributed by atoms with van der Waals surface area (Å²) in [5.74, 6) is -0.947. The Morgan fingerprint density at radius 1 is 0.741 bits per heavy atom. The number of carbonyl (C=O) groups is 2. The fraction of sp³-hybridized carbons (Fsp3) is 0.0833. The number of halogens is 6. The standard InChI is InChI=1S/C14H10INOS.C8H6ClIO2.C8H7IO3.C6H7NS.Cl2OS/c15-11-7-9(5-6-10(11)8-17)14-16-12-3-1-2-4-13(12)18-14;9-8(12)5-1-2-6(4-11)7(10)3-5;9-7-3-5(8(11)12)1-2-6(7)4-10;7-5-3-1-2-4-6(5)8;1-4(2)3/h1-7,17H,8H2;1-3,11H,4H2;1-3,10H,4H2,(H,11,12);1-4,8H,7H2;. The molecule has 0 saturated carbocycles. The van der Waals surface area contributed by atoms with Gasteiger partial charge in [-0.15, -0.1) is 24.0 Å². The molecule has 5 aromatic carbocycles. The quantitative estimate of drug-likeness (QED) is 0.0411. The molecule has 6 N–H and O–H groups in total. The smallest absolute Gasteiger partial charge is 0.335 e. The molecule has 0 aliphatic carbocycles. The van der Waals surface area contributed by atoms with Crippen LogP contribution in [-0.4, -0.2) is 40.8 Å². The van der Waals surface area contributed by atoms with Crippen LogP contribution < -0.4 is 5.73 Å². The average molecular weight is 1190 g/mol. The van der Waals surface area contributed by atoms with Crippen molar-refractivity contribution < 1.29 is 34.2 Å². The Labute approximate surface area is 378 Å². The van der Waals surface area contributed by atoms with Crippen molar-refractivity contribution in [3.63, 3.8) is 0 Å². The van der Waals surface area contributed by atoms with Crippen LogP contribution >= 0.6 is 125 Å². The SMILES string of the molecule is Nc1ccccc1S.O=C(Cl)c1ccc(CO)c(I)c1.O=C(O)c1ccc(CO)c(I)c1.O=S(Cl)Cl.OCc1ccc(-c2nc3ccccc3s2)cc1I. The first-order chi connectivity index (χ1) is 25.6. The van der Waals surface area contributed by atoms with E-state index in [1.165, 1.54) is 16.8 Å². The minimum Gasteiger partial charge on any atom is -0.478 e. The van der Waals surface area contributed by atoms with Crippen LogP contribution in [0.5, 0.6) is 0 Å². The van der Waals surface area contributed by atoms with Gasteiger partial charge in [-0.05, 0) is 151 Å². The summed E-state index contributed by atoms with van der Waals surface area (Å²) in [6.45, 7) is 0.00556. The zero-order chi connectivity index (χ0) is 40.4. The Balaban J connectivity index is 0.000000249. The van der Waals surface area contributed by atoms with Crippen LogP contribution in [0.1, 0.15) is 37.4 Å². The number of carboxylic acids is 1. The number of fused-ring (bicyclic) bond motifs is 1. The molecule has 6 rings (SSSR count). The number of hydrogen-bond donors (Lipinski definition) is 6. The van der Waals surface area contributed by atoms with Gasteiger partial charge >= 0.3 is 5.97 Å². The van der Waals surface area contributed by atoms with Gasteiger partial charge in [-0.1, -0.05) is 48.5 Å². The number of para-hydroxylation sites is 2. The lowest BCUT2D eigenvalue weighted by atomic mass is 10.1. The van der Waals surface area contributed by atoms with E-state index in [0.717, 1.165) is 54.1 Å². The molecule has 0 saturated heterocycles. The van der Waals surface area contributed by atoms with Crippen LogP contribution in [0, 0.1) is 10.7 Å². The number of benzene rings is 5. The summed E-state index contributed by atoms with van der Waals surface area (Å²) in [4.78, 5) is 26.7. The highest BCUT2D eigenvalue weighted by Crippen LogP contribution is 2.31. The third-order valence-electron chi connectivity index (χ3n) is 6.62.